The molecule has 2 aromatic carbocycles. The quantitative estimate of drug-likeness (QED) is 0.269. The molecule has 0 atom stereocenters. The number of thiocarbonyl (C=S) groups is 1. The Labute approximate surface area is 224 Å². The minimum atomic E-state index is -0.604. The van der Waals surface area contributed by atoms with Gasteiger partial charge in [0.15, 0.2) is 6.61 Å². The first-order chi connectivity index (χ1) is 16.1. The number of ether oxygens (including phenoxy) is 1. The average Bonchev–Trinajstić information content (AvgIpc) is 3.04. The van der Waals surface area contributed by atoms with Crippen LogP contribution in [-0.4, -0.2) is 40.1 Å². The fourth-order valence-corrected chi connectivity index (χ4v) is 4.87. The van der Waals surface area contributed by atoms with E-state index in [4.69, 9.17) is 63.4 Å². The van der Waals surface area contributed by atoms with Gasteiger partial charge in [-0.15, -0.1) is 0 Å². The number of nitrogens with one attached hydrogen (secondary N) is 2. The van der Waals surface area contributed by atoms with Gasteiger partial charge in [0, 0.05) is 28.0 Å². The fraction of sp³-hybridized carbons (Fsp3) is 0.143. The van der Waals surface area contributed by atoms with Gasteiger partial charge in [-0.25, -0.2) is 0 Å². The maximum absolute atomic E-state index is 12.7. The highest BCUT2D eigenvalue weighted by Gasteiger charge is 2.32. The van der Waals surface area contributed by atoms with E-state index >= 15 is 0 Å². The number of hydrogen-bond donors (Lipinski definition) is 2. The van der Waals surface area contributed by atoms with Crippen molar-refractivity contribution in [2.45, 2.75) is 6.42 Å². The van der Waals surface area contributed by atoms with Crippen molar-refractivity contribution >= 4 is 98.5 Å². The molecule has 0 unspecified atom stereocenters. The number of rotatable bonds is 7. The molecule has 0 aliphatic carbocycles. The minimum absolute atomic E-state index is 0.0366. The summed E-state index contributed by atoms with van der Waals surface area (Å²) in [6, 6.07) is 9.49. The van der Waals surface area contributed by atoms with Crippen LogP contribution in [0.15, 0.2) is 41.3 Å². The predicted molar refractivity (Wildman–Crippen MR) is 139 cm³/mol. The van der Waals surface area contributed by atoms with Crippen molar-refractivity contribution < 1.29 is 19.1 Å². The third-order valence-electron chi connectivity index (χ3n) is 4.28. The van der Waals surface area contributed by atoms with E-state index in [0.717, 1.165) is 11.8 Å². The van der Waals surface area contributed by atoms with Crippen LogP contribution < -0.4 is 15.6 Å². The lowest BCUT2D eigenvalue weighted by Gasteiger charge is -2.14. The largest absolute Gasteiger partial charge is 0.482 e. The average molecular weight is 579 g/mol. The molecule has 1 heterocycles. The van der Waals surface area contributed by atoms with Crippen LogP contribution in [0, 0.1) is 0 Å². The van der Waals surface area contributed by atoms with Gasteiger partial charge in [0.05, 0.1) is 9.93 Å². The number of nitrogens with zero attached hydrogens (tertiary/aromatic N) is 1. The molecular weight excluding hydrogens is 564 g/mol. The Hall–Kier alpha value is -2.01. The van der Waals surface area contributed by atoms with E-state index < -0.39 is 11.8 Å². The Morgan fingerprint density at radius 1 is 1.00 bits per heavy atom. The third-order valence-corrected chi connectivity index (χ3v) is 6.75. The van der Waals surface area contributed by atoms with Crippen molar-refractivity contribution in [1.82, 2.24) is 15.8 Å². The van der Waals surface area contributed by atoms with E-state index in [0.29, 0.717) is 29.9 Å². The summed E-state index contributed by atoms with van der Waals surface area (Å²) in [6.45, 7) is -0.344. The molecule has 178 valence electrons. The Morgan fingerprint density at radius 3 is 2.32 bits per heavy atom. The van der Waals surface area contributed by atoms with Gasteiger partial charge in [0.2, 0.25) is 5.91 Å². The molecule has 0 aromatic heterocycles. The summed E-state index contributed by atoms with van der Waals surface area (Å²) in [7, 11) is 0. The van der Waals surface area contributed by atoms with E-state index in [1.54, 1.807) is 30.3 Å². The second kappa shape index (κ2) is 12.1. The number of benzene rings is 2. The molecule has 1 aliphatic heterocycles. The number of halogens is 4. The molecule has 34 heavy (non-hydrogen) atoms. The molecule has 1 fully saturated rings. The van der Waals surface area contributed by atoms with Gasteiger partial charge in [0.25, 0.3) is 11.8 Å². The first-order valence-corrected chi connectivity index (χ1v) is 12.2. The van der Waals surface area contributed by atoms with Gasteiger partial charge in [-0.1, -0.05) is 76.4 Å². The lowest BCUT2D eigenvalue weighted by Crippen LogP contribution is -2.45. The van der Waals surface area contributed by atoms with Crippen LogP contribution in [0.3, 0.4) is 0 Å². The molecule has 3 amide bonds. The zero-order valence-corrected chi connectivity index (χ0v) is 21.7. The normalized spacial score (nSPS) is 14.5. The Balaban J connectivity index is 1.46. The summed E-state index contributed by atoms with van der Waals surface area (Å²) in [4.78, 5) is 38.4. The summed E-state index contributed by atoms with van der Waals surface area (Å²) in [5, 5.41) is 1.56. The molecule has 1 aliphatic rings. The van der Waals surface area contributed by atoms with Crippen molar-refractivity contribution in [2.75, 3.05) is 13.2 Å². The van der Waals surface area contributed by atoms with Crippen molar-refractivity contribution in [3.05, 3.63) is 67.0 Å². The zero-order valence-electron chi connectivity index (χ0n) is 17.1. The summed E-state index contributed by atoms with van der Waals surface area (Å²) in [6.07, 6.45) is 1.52. The molecule has 0 radical (unpaired) electrons. The minimum Gasteiger partial charge on any atom is -0.482 e. The lowest BCUT2D eigenvalue weighted by atomic mass is 10.2. The highest BCUT2D eigenvalue weighted by Crippen LogP contribution is 2.34. The molecule has 7 nitrogen and oxygen atoms in total. The molecule has 2 N–H and O–H groups in total. The van der Waals surface area contributed by atoms with Crippen molar-refractivity contribution in [1.29, 1.82) is 0 Å². The monoisotopic (exact) mass is 577 g/mol. The van der Waals surface area contributed by atoms with Crippen molar-refractivity contribution in [2.24, 2.45) is 0 Å². The number of hydrazine groups is 1. The van der Waals surface area contributed by atoms with Crippen LogP contribution in [-0.2, 0) is 14.4 Å². The van der Waals surface area contributed by atoms with Gasteiger partial charge >= 0.3 is 0 Å². The van der Waals surface area contributed by atoms with Crippen LogP contribution in [0.25, 0.3) is 6.08 Å². The fourth-order valence-electron chi connectivity index (χ4n) is 2.64. The predicted octanol–water partition coefficient (Wildman–Crippen LogP) is 5.12. The van der Waals surface area contributed by atoms with Gasteiger partial charge < -0.3 is 4.74 Å². The van der Waals surface area contributed by atoms with Gasteiger partial charge in [-0.05, 0) is 42.0 Å². The van der Waals surface area contributed by atoms with E-state index in [9.17, 15) is 14.4 Å². The standard InChI is InChI=1S/C21H15Cl4N3O4S2/c22-12-2-1-11(14(24)8-12)7-17-20(31)28(21(33)34-17)6-5-18(29)26-27-19(30)10-32-16-4-3-13(23)9-15(16)25/h1-4,7-9H,5-6,10H2,(H,26,29)(H,27,30)/b17-7-. The number of carbonyl (C=O) groups is 3. The number of carbonyl (C=O) groups excluding carboxylic acids is 3. The highest BCUT2D eigenvalue weighted by atomic mass is 35.5. The van der Waals surface area contributed by atoms with Crippen LogP contribution in [0.2, 0.25) is 20.1 Å². The molecule has 0 bridgehead atoms. The molecule has 0 spiro atoms. The second-order valence-electron chi connectivity index (χ2n) is 6.71. The van der Waals surface area contributed by atoms with Gasteiger partial charge in [-0.2, -0.15) is 0 Å². The van der Waals surface area contributed by atoms with Crippen LogP contribution in [0.1, 0.15) is 12.0 Å². The molecule has 1 saturated heterocycles. The Kier molecular flexibility index (Phi) is 9.47. The maximum Gasteiger partial charge on any atom is 0.276 e. The Morgan fingerprint density at radius 2 is 1.65 bits per heavy atom. The Bertz CT molecular complexity index is 1190. The first kappa shape index (κ1) is 26.6. The van der Waals surface area contributed by atoms with Crippen LogP contribution in [0.5, 0.6) is 5.75 Å². The van der Waals surface area contributed by atoms with Crippen LogP contribution in [0.4, 0.5) is 0 Å². The number of thioether (sulfide) groups is 1. The van der Waals surface area contributed by atoms with Crippen molar-refractivity contribution in [3.63, 3.8) is 0 Å². The summed E-state index contributed by atoms with van der Waals surface area (Å²) >= 11 is 30.2. The topological polar surface area (TPSA) is 87.7 Å². The molecule has 3 rings (SSSR count). The first-order valence-electron chi connectivity index (χ1n) is 9.50. The SMILES string of the molecule is O=C(CCN1C(=O)/C(=C/c2ccc(Cl)cc2Cl)SC1=S)NNC(=O)COc1ccc(Cl)cc1Cl. The zero-order chi connectivity index (χ0) is 24.8. The van der Waals surface area contributed by atoms with E-state index in [2.05, 4.69) is 10.9 Å². The summed E-state index contributed by atoms with van der Waals surface area (Å²) < 4.78 is 5.59. The molecular formula is C21H15Cl4N3O4S2. The van der Waals surface area contributed by atoms with E-state index in [-0.39, 0.29) is 36.3 Å². The molecule has 13 heteroatoms. The van der Waals surface area contributed by atoms with E-state index in [1.807, 2.05) is 0 Å². The molecule has 0 saturated carbocycles. The maximum atomic E-state index is 12.7. The molecule has 2 aromatic rings. The second-order valence-corrected chi connectivity index (χ2v) is 10.1. The van der Waals surface area contributed by atoms with Gasteiger partial charge in [-0.3, -0.25) is 30.1 Å². The lowest BCUT2D eigenvalue weighted by molar-refractivity contribution is -0.130. The summed E-state index contributed by atoms with van der Waals surface area (Å²) in [5.74, 6) is -1.19. The summed E-state index contributed by atoms with van der Waals surface area (Å²) in [5.41, 5.74) is 5.10. The van der Waals surface area contributed by atoms with Crippen molar-refractivity contribution in [3.8, 4) is 5.75 Å². The number of hydrogen-bond acceptors (Lipinski definition) is 6. The number of amides is 3. The van der Waals surface area contributed by atoms with Gasteiger partial charge in [0.1, 0.15) is 10.1 Å². The smallest absolute Gasteiger partial charge is 0.276 e. The van der Waals surface area contributed by atoms with Crippen LogP contribution >= 0.6 is 70.4 Å². The van der Waals surface area contributed by atoms with E-state index in [1.165, 1.54) is 17.0 Å². The third kappa shape index (κ3) is 7.24. The highest BCUT2D eigenvalue weighted by molar-refractivity contribution is 8.26.